The number of aliphatic imine (C=N–C) groups is 1. The maximum atomic E-state index is 5.94. The molecule has 2 fully saturated rings. The maximum absolute atomic E-state index is 5.94. The Balaban J connectivity index is 1.37. The third kappa shape index (κ3) is 2.86. The lowest BCUT2D eigenvalue weighted by atomic mass is 9.51. The molecule has 0 bridgehead atoms. The Morgan fingerprint density at radius 1 is 1.42 bits per heavy atom. The van der Waals surface area contributed by atoms with Gasteiger partial charge in [-0.05, 0) is 45.2 Å². The molecule has 0 amide bonds. The van der Waals surface area contributed by atoms with Crippen LogP contribution < -0.4 is 10.6 Å². The monoisotopic (exact) mass is 355 g/mol. The first-order valence-corrected chi connectivity index (χ1v) is 9.68. The molecule has 2 atom stereocenters. The summed E-state index contributed by atoms with van der Waals surface area (Å²) in [6, 6.07) is 6.63. The molecule has 0 aromatic carbocycles. The number of hydrogen-bond donors (Lipinski definition) is 2. The van der Waals surface area contributed by atoms with Crippen molar-refractivity contribution in [2.45, 2.75) is 58.2 Å². The van der Waals surface area contributed by atoms with E-state index in [1.165, 1.54) is 25.0 Å². The van der Waals surface area contributed by atoms with Gasteiger partial charge in [0.25, 0.3) is 0 Å². The third-order valence-corrected chi connectivity index (χ3v) is 6.15. The number of nitrogens with zero attached hydrogens (tertiary/aromatic N) is 3. The fourth-order valence-electron chi connectivity index (χ4n) is 4.46. The van der Waals surface area contributed by atoms with E-state index < -0.39 is 0 Å². The second-order valence-electron chi connectivity index (χ2n) is 7.52. The fraction of sp³-hybridized carbons (Fsp3) is 0.600. The molecule has 0 saturated heterocycles. The second kappa shape index (κ2) is 6.91. The number of guanidine groups is 1. The van der Waals surface area contributed by atoms with Crippen LogP contribution >= 0.6 is 0 Å². The molecule has 6 heteroatoms. The number of ether oxygens (including phenoxy) is 1. The van der Waals surface area contributed by atoms with Crippen LogP contribution in [0.25, 0.3) is 5.65 Å². The van der Waals surface area contributed by atoms with Gasteiger partial charge in [0.05, 0.1) is 18.3 Å². The summed E-state index contributed by atoms with van der Waals surface area (Å²) in [5.41, 5.74) is 3.51. The van der Waals surface area contributed by atoms with E-state index in [0.717, 1.165) is 30.3 Å². The molecule has 6 nitrogen and oxygen atoms in total. The number of pyridine rings is 1. The molecular formula is C20H29N5O. The van der Waals surface area contributed by atoms with Crippen LogP contribution in [-0.4, -0.2) is 41.1 Å². The minimum atomic E-state index is 0.327. The van der Waals surface area contributed by atoms with E-state index in [4.69, 9.17) is 4.74 Å². The first kappa shape index (κ1) is 17.3. The Kier molecular flexibility index (Phi) is 4.61. The average Bonchev–Trinajstić information content (AvgIpc) is 3.00. The van der Waals surface area contributed by atoms with E-state index in [2.05, 4.69) is 51.1 Å². The zero-order valence-corrected chi connectivity index (χ0v) is 16.0. The van der Waals surface area contributed by atoms with Gasteiger partial charge < -0.3 is 19.8 Å². The SMILES string of the molecule is CCOC1CC(NC(=NC)NCc2cn3c(C)cccc3n2)C12CCC2. The molecule has 4 rings (SSSR count). The smallest absolute Gasteiger partial charge is 0.191 e. The van der Waals surface area contributed by atoms with Crippen LogP contribution in [0.1, 0.15) is 44.0 Å². The molecule has 2 unspecified atom stereocenters. The van der Waals surface area contributed by atoms with Crippen molar-refractivity contribution in [1.29, 1.82) is 0 Å². The summed E-state index contributed by atoms with van der Waals surface area (Å²) in [7, 11) is 1.83. The van der Waals surface area contributed by atoms with Gasteiger partial charge in [-0.15, -0.1) is 0 Å². The van der Waals surface area contributed by atoms with Crippen molar-refractivity contribution in [3.63, 3.8) is 0 Å². The summed E-state index contributed by atoms with van der Waals surface area (Å²) in [5, 5.41) is 7.04. The van der Waals surface area contributed by atoms with E-state index in [9.17, 15) is 0 Å². The lowest BCUT2D eigenvalue weighted by molar-refractivity contribution is -0.168. The van der Waals surface area contributed by atoms with E-state index in [-0.39, 0.29) is 0 Å². The summed E-state index contributed by atoms with van der Waals surface area (Å²) >= 11 is 0. The standard InChI is InChI=1S/C20H29N5O/c1-4-26-17-11-16(20(17)9-6-10-20)24-19(21-3)22-12-15-13-25-14(2)7-5-8-18(25)23-15/h5,7-8,13,16-17H,4,6,9-12H2,1-3H3,(H2,21,22,24). The number of imidazole rings is 1. The molecule has 2 N–H and O–H groups in total. The largest absolute Gasteiger partial charge is 0.378 e. The number of aryl methyl sites for hydroxylation is 1. The van der Waals surface area contributed by atoms with Crippen LogP contribution in [0.15, 0.2) is 29.4 Å². The molecule has 26 heavy (non-hydrogen) atoms. The Morgan fingerprint density at radius 2 is 2.27 bits per heavy atom. The van der Waals surface area contributed by atoms with Crippen molar-refractivity contribution < 1.29 is 4.74 Å². The van der Waals surface area contributed by atoms with Gasteiger partial charge in [-0.25, -0.2) is 4.98 Å². The molecule has 1 spiro atoms. The van der Waals surface area contributed by atoms with Crippen LogP contribution in [0.2, 0.25) is 0 Å². The molecule has 0 aliphatic heterocycles. The molecular weight excluding hydrogens is 326 g/mol. The normalized spacial score (nSPS) is 24.3. The first-order valence-electron chi connectivity index (χ1n) is 9.68. The minimum Gasteiger partial charge on any atom is -0.378 e. The predicted molar refractivity (Wildman–Crippen MR) is 103 cm³/mol. The van der Waals surface area contributed by atoms with E-state index >= 15 is 0 Å². The fourth-order valence-corrected chi connectivity index (χ4v) is 4.46. The Bertz CT molecular complexity index is 808. The first-order chi connectivity index (χ1) is 12.7. The lowest BCUT2D eigenvalue weighted by Crippen LogP contribution is -2.68. The van der Waals surface area contributed by atoms with Crippen LogP contribution in [0.3, 0.4) is 0 Å². The molecule has 2 saturated carbocycles. The van der Waals surface area contributed by atoms with Crippen molar-refractivity contribution in [1.82, 2.24) is 20.0 Å². The van der Waals surface area contributed by atoms with Gasteiger partial charge in [0.2, 0.25) is 0 Å². The topological polar surface area (TPSA) is 63.0 Å². The molecule has 2 aliphatic carbocycles. The number of hydrogen-bond acceptors (Lipinski definition) is 3. The van der Waals surface area contributed by atoms with Crippen molar-refractivity contribution in [2.75, 3.05) is 13.7 Å². The summed E-state index contributed by atoms with van der Waals surface area (Å²) in [6.45, 7) is 5.65. The maximum Gasteiger partial charge on any atom is 0.191 e. The number of aromatic nitrogens is 2. The van der Waals surface area contributed by atoms with E-state index in [1.807, 2.05) is 19.2 Å². The van der Waals surface area contributed by atoms with E-state index in [0.29, 0.717) is 24.1 Å². The highest BCUT2D eigenvalue weighted by Gasteiger charge is 2.59. The zero-order chi connectivity index (χ0) is 18.1. The summed E-state index contributed by atoms with van der Waals surface area (Å²) in [5.74, 6) is 0.852. The van der Waals surface area contributed by atoms with Crippen molar-refractivity contribution in [3.05, 3.63) is 35.8 Å². The number of nitrogens with one attached hydrogen (secondary N) is 2. The molecule has 0 radical (unpaired) electrons. The van der Waals surface area contributed by atoms with Crippen molar-refractivity contribution in [2.24, 2.45) is 10.4 Å². The average molecular weight is 355 g/mol. The van der Waals surface area contributed by atoms with Gasteiger partial charge in [-0.2, -0.15) is 0 Å². The van der Waals surface area contributed by atoms with Crippen LogP contribution in [0.4, 0.5) is 0 Å². The van der Waals surface area contributed by atoms with Gasteiger partial charge in [-0.1, -0.05) is 12.5 Å². The van der Waals surface area contributed by atoms with Crippen molar-refractivity contribution in [3.8, 4) is 0 Å². The van der Waals surface area contributed by atoms with Crippen LogP contribution in [0.5, 0.6) is 0 Å². The Morgan fingerprint density at radius 3 is 2.92 bits per heavy atom. The molecule has 2 aromatic rings. The van der Waals surface area contributed by atoms with Gasteiger partial charge in [0, 0.05) is 37.0 Å². The number of fused-ring (bicyclic) bond motifs is 1. The van der Waals surface area contributed by atoms with Crippen LogP contribution in [-0.2, 0) is 11.3 Å². The summed E-state index contributed by atoms with van der Waals surface area (Å²) in [6.07, 6.45) is 7.41. The van der Waals surface area contributed by atoms with Gasteiger partial charge in [0.1, 0.15) is 5.65 Å². The Labute approximate surface area is 155 Å². The van der Waals surface area contributed by atoms with E-state index in [1.54, 1.807) is 0 Å². The molecule has 2 heterocycles. The second-order valence-corrected chi connectivity index (χ2v) is 7.52. The molecule has 2 aromatic heterocycles. The van der Waals surface area contributed by atoms with Gasteiger partial charge in [-0.3, -0.25) is 4.99 Å². The minimum absolute atomic E-state index is 0.327. The highest BCUT2D eigenvalue weighted by molar-refractivity contribution is 5.80. The third-order valence-electron chi connectivity index (χ3n) is 6.15. The highest BCUT2D eigenvalue weighted by Crippen LogP contribution is 2.57. The quantitative estimate of drug-likeness (QED) is 0.639. The molecule has 140 valence electrons. The Hall–Kier alpha value is -2.08. The predicted octanol–water partition coefficient (Wildman–Crippen LogP) is 2.66. The number of rotatable bonds is 5. The van der Waals surface area contributed by atoms with Crippen LogP contribution in [0, 0.1) is 12.3 Å². The van der Waals surface area contributed by atoms with Gasteiger partial charge >= 0.3 is 0 Å². The summed E-state index contributed by atoms with van der Waals surface area (Å²) in [4.78, 5) is 9.09. The summed E-state index contributed by atoms with van der Waals surface area (Å²) < 4.78 is 8.06. The van der Waals surface area contributed by atoms with Crippen molar-refractivity contribution >= 4 is 11.6 Å². The molecule has 2 aliphatic rings. The lowest BCUT2D eigenvalue weighted by Gasteiger charge is -2.61. The zero-order valence-electron chi connectivity index (χ0n) is 16.0. The van der Waals surface area contributed by atoms with Gasteiger partial charge in [0.15, 0.2) is 5.96 Å². The highest BCUT2D eigenvalue weighted by atomic mass is 16.5.